The van der Waals surface area contributed by atoms with Crippen molar-refractivity contribution in [1.82, 2.24) is 19.9 Å². The summed E-state index contributed by atoms with van der Waals surface area (Å²) in [6.45, 7) is 4.24. The van der Waals surface area contributed by atoms with Gasteiger partial charge in [-0.05, 0) is 30.3 Å². The number of halogens is 1. The van der Waals surface area contributed by atoms with Crippen molar-refractivity contribution in [1.29, 1.82) is 0 Å². The summed E-state index contributed by atoms with van der Waals surface area (Å²) in [4.78, 5) is 17.7. The molecule has 0 aliphatic carbocycles. The molecule has 9 heteroatoms. The van der Waals surface area contributed by atoms with Crippen molar-refractivity contribution in [2.75, 3.05) is 49.2 Å². The third kappa shape index (κ3) is 5.08. The summed E-state index contributed by atoms with van der Waals surface area (Å²) in [5.41, 5.74) is 7.89. The fourth-order valence-corrected chi connectivity index (χ4v) is 3.62. The van der Waals surface area contributed by atoms with E-state index >= 15 is 0 Å². The number of methoxy groups -OCH3 is 1. The lowest BCUT2D eigenvalue weighted by Crippen LogP contribution is -2.46. The lowest BCUT2D eigenvalue weighted by Gasteiger charge is -2.35. The van der Waals surface area contributed by atoms with Crippen LogP contribution in [-0.2, 0) is 6.54 Å². The van der Waals surface area contributed by atoms with Gasteiger partial charge >= 0.3 is 0 Å². The molecule has 1 fully saturated rings. The zero-order valence-corrected chi connectivity index (χ0v) is 17.5. The van der Waals surface area contributed by atoms with Crippen LogP contribution >= 0.6 is 11.6 Å². The molecule has 3 aromatic rings. The number of nitrogens with one attached hydrogen (secondary N) is 1. The maximum atomic E-state index is 6.12. The van der Waals surface area contributed by atoms with Gasteiger partial charge in [-0.25, -0.2) is 0 Å². The van der Waals surface area contributed by atoms with Gasteiger partial charge < -0.3 is 20.7 Å². The van der Waals surface area contributed by atoms with Crippen molar-refractivity contribution in [2.24, 2.45) is 0 Å². The zero-order chi connectivity index (χ0) is 20.9. The number of nitrogens with two attached hydrogens (primary N) is 1. The maximum Gasteiger partial charge on any atom is 0.232 e. The number of rotatable bonds is 6. The number of benzene rings is 2. The van der Waals surface area contributed by atoms with Crippen molar-refractivity contribution in [3.05, 3.63) is 59.4 Å². The van der Waals surface area contributed by atoms with E-state index in [1.54, 1.807) is 7.11 Å². The molecule has 0 radical (unpaired) electrons. The Kier molecular flexibility index (Phi) is 6.15. The largest absolute Gasteiger partial charge is 0.497 e. The van der Waals surface area contributed by atoms with E-state index in [0.29, 0.717) is 18.3 Å². The third-order valence-electron chi connectivity index (χ3n) is 4.94. The molecule has 0 amide bonds. The van der Waals surface area contributed by atoms with E-state index in [-0.39, 0.29) is 5.95 Å². The molecule has 1 saturated heterocycles. The molecule has 1 aliphatic rings. The highest BCUT2D eigenvalue weighted by Crippen LogP contribution is 2.22. The van der Waals surface area contributed by atoms with E-state index in [0.717, 1.165) is 48.3 Å². The minimum absolute atomic E-state index is 0.197. The first kappa shape index (κ1) is 20.2. The SMILES string of the molecule is COc1cccc(Nc2nc(N)nc(CN3CCN(c4cccc(Cl)c4)CC3)n2)c1. The van der Waals surface area contributed by atoms with E-state index in [9.17, 15) is 0 Å². The molecule has 30 heavy (non-hydrogen) atoms. The van der Waals surface area contributed by atoms with Crippen LogP contribution in [0.4, 0.5) is 23.3 Å². The van der Waals surface area contributed by atoms with Crippen LogP contribution in [0, 0.1) is 0 Å². The van der Waals surface area contributed by atoms with Gasteiger partial charge in [0.15, 0.2) is 0 Å². The summed E-state index contributed by atoms with van der Waals surface area (Å²) in [6.07, 6.45) is 0. The molecule has 0 saturated carbocycles. The number of hydrogen-bond acceptors (Lipinski definition) is 8. The number of nitrogens with zero attached hydrogens (tertiary/aromatic N) is 5. The average Bonchev–Trinajstić information content (AvgIpc) is 2.74. The number of piperazine rings is 1. The molecule has 0 bridgehead atoms. The lowest BCUT2D eigenvalue weighted by molar-refractivity contribution is 0.244. The summed E-state index contributed by atoms with van der Waals surface area (Å²) in [5, 5.41) is 3.93. The van der Waals surface area contributed by atoms with Gasteiger partial charge in [0.05, 0.1) is 13.7 Å². The maximum absolute atomic E-state index is 6.12. The van der Waals surface area contributed by atoms with E-state index in [1.807, 2.05) is 42.5 Å². The van der Waals surface area contributed by atoms with Gasteiger partial charge in [0.25, 0.3) is 0 Å². The first-order valence-electron chi connectivity index (χ1n) is 9.73. The smallest absolute Gasteiger partial charge is 0.232 e. The van der Waals surface area contributed by atoms with Crippen molar-refractivity contribution in [2.45, 2.75) is 6.54 Å². The average molecular weight is 426 g/mol. The van der Waals surface area contributed by atoms with Gasteiger partial charge in [0, 0.05) is 48.6 Å². The minimum Gasteiger partial charge on any atom is -0.497 e. The summed E-state index contributed by atoms with van der Waals surface area (Å²) in [6, 6.07) is 15.5. The Labute approximate surface area is 180 Å². The number of nitrogen functional groups attached to an aromatic ring is 1. The van der Waals surface area contributed by atoms with E-state index in [2.05, 4.69) is 36.1 Å². The number of anilines is 4. The molecule has 3 N–H and O–H groups in total. The lowest BCUT2D eigenvalue weighted by atomic mass is 10.2. The van der Waals surface area contributed by atoms with Crippen LogP contribution in [0.15, 0.2) is 48.5 Å². The van der Waals surface area contributed by atoms with Crippen molar-refractivity contribution in [3.8, 4) is 5.75 Å². The van der Waals surface area contributed by atoms with Gasteiger partial charge in [-0.1, -0.05) is 23.7 Å². The molecule has 4 rings (SSSR count). The molecule has 0 spiro atoms. The van der Waals surface area contributed by atoms with E-state index < -0.39 is 0 Å². The molecule has 0 atom stereocenters. The highest BCUT2D eigenvalue weighted by Gasteiger charge is 2.19. The molecule has 2 heterocycles. The van der Waals surface area contributed by atoms with Crippen molar-refractivity contribution >= 4 is 34.9 Å². The Bertz CT molecular complexity index is 1010. The Morgan fingerprint density at radius 1 is 1.03 bits per heavy atom. The van der Waals surface area contributed by atoms with Crippen molar-refractivity contribution < 1.29 is 4.74 Å². The standard InChI is InChI=1S/C21H24ClN7O/c1-30-18-7-3-5-16(13-18)24-21-26-19(25-20(23)27-21)14-28-8-10-29(11-9-28)17-6-2-4-15(22)12-17/h2-7,12-13H,8-11,14H2,1H3,(H3,23,24,25,26,27). The Morgan fingerprint density at radius 2 is 1.83 bits per heavy atom. The summed E-state index contributed by atoms with van der Waals surface area (Å²) >= 11 is 6.12. The van der Waals surface area contributed by atoms with Crippen LogP contribution in [0.3, 0.4) is 0 Å². The van der Waals surface area contributed by atoms with Gasteiger partial charge in [-0.2, -0.15) is 15.0 Å². The summed E-state index contributed by atoms with van der Waals surface area (Å²) in [5.74, 6) is 2.01. The number of hydrogen-bond donors (Lipinski definition) is 2. The Morgan fingerprint density at radius 3 is 2.60 bits per heavy atom. The first-order chi connectivity index (χ1) is 14.6. The molecule has 2 aromatic carbocycles. The minimum atomic E-state index is 0.197. The second-order valence-electron chi connectivity index (χ2n) is 7.03. The fourth-order valence-electron chi connectivity index (χ4n) is 3.43. The predicted octanol–water partition coefficient (Wildman–Crippen LogP) is 3.18. The highest BCUT2D eigenvalue weighted by atomic mass is 35.5. The molecule has 1 aromatic heterocycles. The molecular formula is C21H24ClN7O. The normalized spacial score (nSPS) is 14.5. The highest BCUT2D eigenvalue weighted by molar-refractivity contribution is 6.30. The predicted molar refractivity (Wildman–Crippen MR) is 119 cm³/mol. The Hall–Kier alpha value is -3.10. The van der Waals surface area contributed by atoms with Gasteiger partial charge in [0.1, 0.15) is 11.6 Å². The van der Waals surface area contributed by atoms with E-state index in [4.69, 9.17) is 22.1 Å². The first-order valence-corrected chi connectivity index (χ1v) is 10.1. The Balaban J connectivity index is 1.39. The van der Waals surface area contributed by atoms with Crippen LogP contribution in [0.25, 0.3) is 0 Å². The fraction of sp³-hybridized carbons (Fsp3) is 0.286. The van der Waals surface area contributed by atoms with Gasteiger partial charge in [0.2, 0.25) is 11.9 Å². The second-order valence-corrected chi connectivity index (χ2v) is 7.47. The van der Waals surface area contributed by atoms with Gasteiger partial charge in [-0.3, -0.25) is 4.90 Å². The number of ether oxygens (including phenoxy) is 1. The second kappa shape index (κ2) is 9.15. The van der Waals surface area contributed by atoms with E-state index in [1.165, 1.54) is 0 Å². The monoisotopic (exact) mass is 425 g/mol. The molecule has 0 unspecified atom stereocenters. The van der Waals surface area contributed by atoms with Crippen LogP contribution in [0.5, 0.6) is 5.75 Å². The topological polar surface area (TPSA) is 92.4 Å². The third-order valence-corrected chi connectivity index (χ3v) is 5.17. The summed E-state index contributed by atoms with van der Waals surface area (Å²) in [7, 11) is 1.63. The molecule has 8 nitrogen and oxygen atoms in total. The quantitative estimate of drug-likeness (QED) is 0.622. The van der Waals surface area contributed by atoms with Crippen LogP contribution in [-0.4, -0.2) is 53.1 Å². The molecular weight excluding hydrogens is 402 g/mol. The zero-order valence-electron chi connectivity index (χ0n) is 16.8. The van der Waals surface area contributed by atoms with Gasteiger partial charge in [-0.15, -0.1) is 0 Å². The van der Waals surface area contributed by atoms with Crippen LogP contribution in [0.2, 0.25) is 5.02 Å². The molecule has 1 aliphatic heterocycles. The van der Waals surface area contributed by atoms with Crippen LogP contribution < -0.4 is 20.7 Å². The van der Waals surface area contributed by atoms with Crippen molar-refractivity contribution in [3.63, 3.8) is 0 Å². The summed E-state index contributed by atoms with van der Waals surface area (Å²) < 4.78 is 5.25. The van der Waals surface area contributed by atoms with Crippen LogP contribution in [0.1, 0.15) is 5.82 Å². The number of aromatic nitrogens is 3. The molecule has 156 valence electrons.